The molecule has 0 bridgehead atoms. The number of rotatable bonds is 5. The molecule has 5 rings (SSSR count). The lowest BCUT2D eigenvalue weighted by Gasteiger charge is -2.36. The molecule has 1 aliphatic heterocycles. The van der Waals surface area contributed by atoms with E-state index in [4.69, 9.17) is 11.6 Å². The summed E-state index contributed by atoms with van der Waals surface area (Å²) in [6.45, 7) is 3.26. The third-order valence-electron chi connectivity index (χ3n) is 5.61. The standard InChI is InChI=1S/C23H21ClFN7O/c24-16-6-7-20(19(25)12-16)29-21(33)14-32-23-18(13-28-32)22(26-15-27-23)31-10-8-30(9-11-31)17-4-2-1-3-5-17/h1-7,12-13,15H,8-11,14H2,(H,29,33). The number of hydrogen-bond acceptors (Lipinski definition) is 6. The Kier molecular flexibility index (Phi) is 5.78. The van der Waals surface area contributed by atoms with Crippen molar-refractivity contribution in [3.8, 4) is 0 Å². The molecule has 4 aromatic rings. The maximum absolute atomic E-state index is 14.0. The van der Waals surface area contributed by atoms with Crippen molar-refractivity contribution in [1.82, 2.24) is 19.7 Å². The minimum absolute atomic E-state index is 0.0625. The summed E-state index contributed by atoms with van der Waals surface area (Å²) < 4.78 is 15.5. The maximum atomic E-state index is 14.0. The van der Waals surface area contributed by atoms with Crippen molar-refractivity contribution in [2.45, 2.75) is 6.54 Å². The van der Waals surface area contributed by atoms with E-state index in [0.29, 0.717) is 5.65 Å². The highest BCUT2D eigenvalue weighted by molar-refractivity contribution is 6.30. The molecule has 1 aliphatic rings. The van der Waals surface area contributed by atoms with E-state index in [-0.39, 0.29) is 17.3 Å². The number of fused-ring (bicyclic) bond motifs is 1. The van der Waals surface area contributed by atoms with Crippen LogP contribution in [-0.4, -0.2) is 51.8 Å². The van der Waals surface area contributed by atoms with Gasteiger partial charge in [0, 0.05) is 36.9 Å². The average molecular weight is 466 g/mol. The first-order chi connectivity index (χ1) is 16.1. The Morgan fingerprint density at radius 3 is 2.55 bits per heavy atom. The average Bonchev–Trinajstić information content (AvgIpc) is 3.24. The van der Waals surface area contributed by atoms with Crippen molar-refractivity contribution in [3.63, 3.8) is 0 Å². The van der Waals surface area contributed by atoms with Crippen LogP contribution in [0.15, 0.2) is 61.1 Å². The number of anilines is 3. The second-order valence-electron chi connectivity index (χ2n) is 7.72. The quantitative estimate of drug-likeness (QED) is 0.485. The van der Waals surface area contributed by atoms with Gasteiger partial charge in [-0.25, -0.2) is 19.0 Å². The first-order valence-electron chi connectivity index (χ1n) is 10.5. The second-order valence-corrected chi connectivity index (χ2v) is 8.16. The lowest BCUT2D eigenvalue weighted by molar-refractivity contribution is -0.116. The molecular formula is C23H21ClFN7O. The van der Waals surface area contributed by atoms with Gasteiger partial charge in [-0.3, -0.25) is 4.79 Å². The van der Waals surface area contributed by atoms with Crippen LogP contribution in [0.3, 0.4) is 0 Å². The third-order valence-corrected chi connectivity index (χ3v) is 5.85. The van der Waals surface area contributed by atoms with E-state index in [0.717, 1.165) is 43.4 Å². The summed E-state index contributed by atoms with van der Waals surface area (Å²) in [6, 6.07) is 14.4. The number of carbonyl (C=O) groups excluding carboxylic acids is 1. The molecule has 0 unspecified atom stereocenters. The van der Waals surface area contributed by atoms with Crippen LogP contribution in [-0.2, 0) is 11.3 Å². The zero-order valence-electron chi connectivity index (χ0n) is 17.7. The number of piperazine rings is 1. The molecular weight excluding hydrogens is 445 g/mol. The summed E-state index contributed by atoms with van der Waals surface area (Å²) in [5, 5.41) is 7.91. The van der Waals surface area contributed by atoms with Crippen LogP contribution in [0.25, 0.3) is 11.0 Å². The van der Waals surface area contributed by atoms with Gasteiger partial charge in [-0.05, 0) is 30.3 Å². The predicted molar refractivity (Wildman–Crippen MR) is 126 cm³/mol. The maximum Gasteiger partial charge on any atom is 0.246 e. The number of hydrogen-bond donors (Lipinski definition) is 1. The third kappa shape index (κ3) is 4.45. The van der Waals surface area contributed by atoms with E-state index in [2.05, 4.69) is 42.3 Å². The lowest BCUT2D eigenvalue weighted by atomic mass is 10.2. The Morgan fingerprint density at radius 1 is 1.03 bits per heavy atom. The smallest absolute Gasteiger partial charge is 0.246 e. The van der Waals surface area contributed by atoms with Gasteiger partial charge in [0.25, 0.3) is 0 Å². The molecule has 10 heteroatoms. The molecule has 1 N–H and O–H groups in total. The van der Waals surface area contributed by atoms with Gasteiger partial charge in [-0.1, -0.05) is 29.8 Å². The Bertz CT molecular complexity index is 1290. The van der Waals surface area contributed by atoms with Gasteiger partial charge in [-0.2, -0.15) is 5.10 Å². The van der Waals surface area contributed by atoms with Crippen molar-refractivity contribution in [1.29, 1.82) is 0 Å². The van der Waals surface area contributed by atoms with Gasteiger partial charge in [0.15, 0.2) is 5.65 Å². The second kappa shape index (κ2) is 9.03. The van der Waals surface area contributed by atoms with Gasteiger partial charge in [0.05, 0.1) is 17.3 Å². The number of amides is 1. The Labute approximate surface area is 194 Å². The molecule has 2 aromatic carbocycles. The summed E-state index contributed by atoms with van der Waals surface area (Å²) in [7, 11) is 0. The fourth-order valence-electron chi connectivity index (χ4n) is 3.98. The highest BCUT2D eigenvalue weighted by Gasteiger charge is 2.22. The molecule has 0 aliphatic carbocycles. The first kappa shape index (κ1) is 21.1. The SMILES string of the molecule is O=C(Cn1ncc2c(N3CCN(c4ccccc4)CC3)ncnc21)Nc1ccc(Cl)cc1F. The molecule has 1 amide bonds. The summed E-state index contributed by atoms with van der Waals surface area (Å²) >= 11 is 5.76. The number of aromatic nitrogens is 4. The summed E-state index contributed by atoms with van der Waals surface area (Å²) in [6.07, 6.45) is 3.15. The zero-order chi connectivity index (χ0) is 22.8. The van der Waals surface area contributed by atoms with Crippen molar-refractivity contribution in [3.05, 3.63) is 71.9 Å². The van der Waals surface area contributed by atoms with Crippen molar-refractivity contribution < 1.29 is 9.18 Å². The van der Waals surface area contributed by atoms with Gasteiger partial charge in [0.2, 0.25) is 5.91 Å². The number of halogens is 2. The fourth-order valence-corrected chi connectivity index (χ4v) is 4.14. The van der Waals surface area contributed by atoms with Crippen LogP contribution in [0.4, 0.5) is 21.6 Å². The Morgan fingerprint density at radius 2 is 1.79 bits per heavy atom. The van der Waals surface area contributed by atoms with Gasteiger partial charge in [0.1, 0.15) is 24.5 Å². The fraction of sp³-hybridized carbons (Fsp3) is 0.217. The van der Waals surface area contributed by atoms with Crippen molar-refractivity contribution >= 4 is 45.7 Å². The van der Waals surface area contributed by atoms with Crippen molar-refractivity contribution in [2.24, 2.45) is 0 Å². The largest absolute Gasteiger partial charge is 0.368 e. The van der Waals surface area contributed by atoms with Gasteiger partial charge >= 0.3 is 0 Å². The summed E-state index contributed by atoms with van der Waals surface area (Å²) in [4.78, 5) is 25.9. The summed E-state index contributed by atoms with van der Waals surface area (Å²) in [5.74, 6) is -0.221. The summed E-state index contributed by atoms with van der Waals surface area (Å²) in [5.41, 5.74) is 1.82. The van der Waals surface area contributed by atoms with E-state index < -0.39 is 11.7 Å². The molecule has 1 fully saturated rings. The molecule has 0 saturated carbocycles. The van der Waals surface area contributed by atoms with E-state index in [1.54, 1.807) is 6.20 Å². The van der Waals surface area contributed by atoms with E-state index in [1.807, 2.05) is 18.2 Å². The zero-order valence-corrected chi connectivity index (χ0v) is 18.4. The normalized spacial score (nSPS) is 14.0. The Balaban J connectivity index is 1.30. The topological polar surface area (TPSA) is 79.2 Å². The predicted octanol–water partition coefficient (Wildman–Crippen LogP) is 3.58. The number of nitrogens with zero attached hydrogens (tertiary/aromatic N) is 6. The number of carbonyl (C=O) groups is 1. The van der Waals surface area contributed by atoms with Crippen LogP contribution in [0.2, 0.25) is 5.02 Å². The van der Waals surface area contributed by atoms with Crippen LogP contribution >= 0.6 is 11.6 Å². The Hall–Kier alpha value is -3.72. The lowest BCUT2D eigenvalue weighted by Crippen LogP contribution is -2.46. The highest BCUT2D eigenvalue weighted by atomic mass is 35.5. The molecule has 168 valence electrons. The van der Waals surface area contributed by atoms with E-state index >= 15 is 0 Å². The number of benzene rings is 2. The monoisotopic (exact) mass is 465 g/mol. The van der Waals surface area contributed by atoms with Gasteiger partial charge in [-0.15, -0.1) is 0 Å². The number of nitrogens with one attached hydrogen (secondary N) is 1. The molecule has 1 saturated heterocycles. The first-order valence-corrected chi connectivity index (χ1v) is 10.9. The number of para-hydroxylation sites is 1. The molecule has 0 radical (unpaired) electrons. The highest BCUT2D eigenvalue weighted by Crippen LogP contribution is 2.25. The van der Waals surface area contributed by atoms with Crippen LogP contribution < -0.4 is 15.1 Å². The van der Waals surface area contributed by atoms with E-state index in [1.165, 1.54) is 28.8 Å². The van der Waals surface area contributed by atoms with Crippen molar-refractivity contribution in [2.75, 3.05) is 41.3 Å². The molecule has 3 heterocycles. The molecule has 2 aromatic heterocycles. The van der Waals surface area contributed by atoms with Gasteiger partial charge < -0.3 is 15.1 Å². The molecule has 33 heavy (non-hydrogen) atoms. The van der Waals surface area contributed by atoms with Crippen LogP contribution in [0.1, 0.15) is 0 Å². The van der Waals surface area contributed by atoms with Crippen LogP contribution in [0.5, 0.6) is 0 Å². The van der Waals surface area contributed by atoms with Crippen LogP contribution in [0, 0.1) is 5.82 Å². The minimum Gasteiger partial charge on any atom is -0.368 e. The minimum atomic E-state index is -0.597. The van der Waals surface area contributed by atoms with E-state index in [9.17, 15) is 9.18 Å². The molecule has 0 spiro atoms. The molecule has 0 atom stereocenters. The molecule has 8 nitrogen and oxygen atoms in total.